The van der Waals surface area contributed by atoms with Crippen molar-refractivity contribution in [2.75, 3.05) is 13.2 Å². The summed E-state index contributed by atoms with van der Waals surface area (Å²) in [4.78, 5) is 24.0. The SMILES string of the molecule is CC1Oc2ccc(cc2Cl)C(=O)OCCOC(=O)c2ccc(c(Cl)c2)O1. The van der Waals surface area contributed by atoms with Gasteiger partial charge in [0.25, 0.3) is 0 Å². The maximum absolute atomic E-state index is 12.0. The van der Waals surface area contributed by atoms with Gasteiger partial charge in [-0.25, -0.2) is 9.59 Å². The molecule has 8 heteroatoms. The molecule has 0 amide bonds. The van der Waals surface area contributed by atoms with Crippen molar-refractivity contribution < 1.29 is 28.5 Å². The van der Waals surface area contributed by atoms with Gasteiger partial charge in [-0.3, -0.25) is 0 Å². The first-order chi connectivity index (χ1) is 12.4. The van der Waals surface area contributed by atoms with Gasteiger partial charge in [0.05, 0.1) is 21.2 Å². The molecule has 0 N–H and O–H groups in total. The average Bonchev–Trinajstić information content (AvgIpc) is 2.61. The zero-order chi connectivity index (χ0) is 18.7. The Hall–Kier alpha value is -2.44. The van der Waals surface area contributed by atoms with Crippen molar-refractivity contribution in [3.05, 3.63) is 57.6 Å². The minimum atomic E-state index is -0.726. The van der Waals surface area contributed by atoms with Crippen LogP contribution in [0.3, 0.4) is 0 Å². The summed E-state index contributed by atoms with van der Waals surface area (Å²) < 4.78 is 21.4. The van der Waals surface area contributed by atoms with Crippen LogP contribution in [0.4, 0.5) is 0 Å². The van der Waals surface area contributed by atoms with Gasteiger partial charge in [0.1, 0.15) is 24.7 Å². The fourth-order valence-corrected chi connectivity index (χ4v) is 2.71. The third kappa shape index (κ3) is 4.20. The Balaban J connectivity index is 1.91. The summed E-state index contributed by atoms with van der Waals surface area (Å²) in [6.07, 6.45) is -0.726. The Bertz CT molecular complexity index is 782. The number of benzene rings is 2. The number of esters is 2. The van der Waals surface area contributed by atoms with Gasteiger partial charge in [0.2, 0.25) is 6.29 Å². The Morgan fingerprint density at radius 2 is 1.23 bits per heavy atom. The van der Waals surface area contributed by atoms with Gasteiger partial charge in [-0.1, -0.05) is 23.2 Å². The van der Waals surface area contributed by atoms with Gasteiger partial charge in [0, 0.05) is 6.92 Å². The van der Waals surface area contributed by atoms with E-state index in [4.69, 9.17) is 42.1 Å². The van der Waals surface area contributed by atoms with Crippen LogP contribution < -0.4 is 9.47 Å². The summed E-state index contributed by atoms with van der Waals surface area (Å²) in [5.74, 6) is -0.497. The number of carbonyl (C=O) groups is 2. The fraction of sp³-hybridized carbons (Fsp3) is 0.222. The predicted octanol–water partition coefficient (Wildman–Crippen LogP) is 4.12. The second-order valence-electron chi connectivity index (χ2n) is 5.37. The lowest BCUT2D eigenvalue weighted by Crippen LogP contribution is -2.20. The molecular weight excluding hydrogens is 383 g/mol. The molecule has 2 aromatic rings. The van der Waals surface area contributed by atoms with Crippen molar-refractivity contribution in [1.82, 2.24) is 0 Å². The number of ether oxygens (including phenoxy) is 4. The molecule has 0 unspecified atom stereocenters. The molecule has 4 bridgehead atoms. The molecule has 0 spiro atoms. The summed E-state index contributed by atoms with van der Waals surface area (Å²) in [5, 5.41) is 0.458. The first kappa shape index (κ1) is 18.4. The topological polar surface area (TPSA) is 71.1 Å². The molecule has 2 aromatic carbocycles. The largest absolute Gasteiger partial charge is 0.458 e. The molecule has 0 fully saturated rings. The van der Waals surface area contributed by atoms with E-state index in [1.54, 1.807) is 19.1 Å². The summed E-state index contributed by atoms with van der Waals surface area (Å²) in [7, 11) is 0. The maximum atomic E-state index is 12.0. The van der Waals surface area contributed by atoms with E-state index >= 15 is 0 Å². The van der Waals surface area contributed by atoms with Crippen LogP contribution >= 0.6 is 23.2 Å². The highest BCUT2D eigenvalue weighted by Crippen LogP contribution is 2.30. The van der Waals surface area contributed by atoms with Crippen LogP contribution in [0.2, 0.25) is 10.0 Å². The molecule has 0 aromatic heterocycles. The molecule has 26 heavy (non-hydrogen) atoms. The Morgan fingerprint density at radius 3 is 1.62 bits per heavy atom. The Morgan fingerprint density at radius 1 is 0.808 bits per heavy atom. The maximum Gasteiger partial charge on any atom is 0.338 e. The van der Waals surface area contributed by atoms with Gasteiger partial charge in [-0.15, -0.1) is 0 Å². The van der Waals surface area contributed by atoms with Crippen molar-refractivity contribution in [1.29, 1.82) is 0 Å². The highest BCUT2D eigenvalue weighted by Gasteiger charge is 2.17. The molecule has 4 aliphatic heterocycles. The van der Waals surface area contributed by atoms with Gasteiger partial charge < -0.3 is 18.9 Å². The van der Waals surface area contributed by atoms with Crippen LogP contribution in [-0.4, -0.2) is 31.4 Å². The van der Waals surface area contributed by atoms with E-state index in [9.17, 15) is 9.59 Å². The minimum Gasteiger partial charge on any atom is -0.458 e. The van der Waals surface area contributed by atoms with E-state index in [2.05, 4.69) is 0 Å². The minimum absolute atomic E-state index is 0.0909. The standard InChI is InChI=1S/C18H14Cl2O6/c1-10-25-15-4-2-11(8-13(15)19)17(21)23-6-7-24-18(22)12-3-5-16(26-10)14(20)9-12/h2-5,8-10H,6-7H2,1H3. The third-order valence-corrected chi connectivity index (χ3v) is 4.06. The van der Waals surface area contributed by atoms with Crippen LogP contribution in [-0.2, 0) is 9.47 Å². The van der Waals surface area contributed by atoms with Crippen molar-refractivity contribution in [3.63, 3.8) is 0 Å². The second-order valence-corrected chi connectivity index (χ2v) is 6.18. The van der Waals surface area contributed by atoms with E-state index in [-0.39, 0.29) is 34.4 Å². The molecule has 0 aliphatic carbocycles. The van der Waals surface area contributed by atoms with Gasteiger partial charge in [0.15, 0.2) is 0 Å². The van der Waals surface area contributed by atoms with Crippen LogP contribution in [0.25, 0.3) is 0 Å². The van der Waals surface area contributed by atoms with Crippen LogP contribution in [0.5, 0.6) is 11.5 Å². The normalized spacial score (nSPS) is 15.7. The highest BCUT2D eigenvalue weighted by atomic mass is 35.5. The predicted molar refractivity (Wildman–Crippen MR) is 94.2 cm³/mol. The van der Waals surface area contributed by atoms with Crippen molar-refractivity contribution >= 4 is 35.1 Å². The van der Waals surface area contributed by atoms with Crippen molar-refractivity contribution in [3.8, 4) is 11.5 Å². The quantitative estimate of drug-likeness (QED) is 0.623. The molecule has 0 radical (unpaired) electrons. The first-order valence-electron chi connectivity index (χ1n) is 7.70. The third-order valence-electron chi connectivity index (χ3n) is 3.47. The van der Waals surface area contributed by atoms with E-state index in [1.807, 2.05) is 0 Å². The molecule has 0 saturated carbocycles. The summed E-state index contributed by atoms with van der Waals surface area (Å²) in [6.45, 7) is 1.48. The van der Waals surface area contributed by atoms with E-state index in [0.29, 0.717) is 11.5 Å². The summed E-state index contributed by atoms with van der Waals surface area (Å²) in [6, 6.07) is 8.97. The highest BCUT2D eigenvalue weighted by molar-refractivity contribution is 6.32. The van der Waals surface area contributed by atoms with Crippen molar-refractivity contribution in [2.24, 2.45) is 0 Å². The van der Waals surface area contributed by atoms with Crippen LogP contribution in [0, 0.1) is 0 Å². The molecule has 0 saturated heterocycles. The van der Waals surface area contributed by atoms with Crippen LogP contribution in [0.1, 0.15) is 27.6 Å². The van der Waals surface area contributed by atoms with Gasteiger partial charge >= 0.3 is 11.9 Å². The zero-order valence-corrected chi connectivity index (χ0v) is 15.2. The lowest BCUT2D eigenvalue weighted by atomic mass is 10.2. The molecule has 0 atom stereocenters. The van der Waals surface area contributed by atoms with Gasteiger partial charge in [-0.2, -0.15) is 0 Å². The van der Waals surface area contributed by atoms with E-state index < -0.39 is 18.2 Å². The molecule has 6 rings (SSSR count). The lowest BCUT2D eigenvalue weighted by molar-refractivity contribution is 0.0224. The number of hydrogen-bond acceptors (Lipinski definition) is 6. The smallest absolute Gasteiger partial charge is 0.338 e. The molecule has 6 nitrogen and oxygen atoms in total. The molecule has 136 valence electrons. The zero-order valence-electron chi connectivity index (χ0n) is 13.7. The van der Waals surface area contributed by atoms with E-state index in [1.165, 1.54) is 24.3 Å². The molecular formula is C18H14Cl2O6. The van der Waals surface area contributed by atoms with Crippen molar-refractivity contribution in [2.45, 2.75) is 13.2 Å². The Kier molecular flexibility index (Phi) is 5.54. The fourth-order valence-electron chi connectivity index (χ4n) is 2.26. The number of carbonyl (C=O) groups excluding carboxylic acids is 2. The molecule has 4 aliphatic rings. The first-order valence-corrected chi connectivity index (χ1v) is 8.46. The lowest BCUT2D eigenvalue weighted by Gasteiger charge is -2.18. The Labute approximate surface area is 159 Å². The van der Waals surface area contributed by atoms with Gasteiger partial charge in [-0.05, 0) is 36.4 Å². The molecule has 4 heterocycles. The summed E-state index contributed by atoms with van der Waals surface area (Å²) in [5.41, 5.74) is 0.503. The van der Waals surface area contributed by atoms with Crippen LogP contribution in [0.15, 0.2) is 36.4 Å². The summed E-state index contributed by atoms with van der Waals surface area (Å²) >= 11 is 12.3. The number of hydrogen-bond donors (Lipinski definition) is 0. The number of rotatable bonds is 0. The average molecular weight is 397 g/mol. The second kappa shape index (κ2) is 7.85. The monoisotopic (exact) mass is 396 g/mol. The van der Waals surface area contributed by atoms with E-state index in [0.717, 1.165) is 0 Å². The number of halogens is 2.